The molecule has 1 aliphatic heterocycles. The lowest BCUT2D eigenvalue weighted by molar-refractivity contribution is 0.118. The molecule has 106 valence electrons. The van der Waals surface area contributed by atoms with E-state index in [9.17, 15) is 0 Å². The Morgan fingerprint density at radius 3 is 2.63 bits per heavy atom. The van der Waals surface area contributed by atoms with E-state index in [2.05, 4.69) is 22.9 Å². The Labute approximate surface area is 122 Å². The van der Waals surface area contributed by atoms with Crippen LogP contribution in [0, 0.1) is 5.92 Å². The number of nitrogens with two attached hydrogens (primary N) is 1. The van der Waals surface area contributed by atoms with E-state index in [0.717, 1.165) is 28.0 Å². The first kappa shape index (κ1) is 14.6. The Balaban J connectivity index is 2.31. The quantitative estimate of drug-likeness (QED) is 0.922. The Morgan fingerprint density at radius 2 is 2.11 bits per heavy atom. The van der Waals surface area contributed by atoms with Gasteiger partial charge in [-0.05, 0) is 41.4 Å². The lowest BCUT2D eigenvalue weighted by atomic mass is 9.91. The van der Waals surface area contributed by atoms with Crippen molar-refractivity contribution >= 4 is 15.9 Å². The average Bonchev–Trinajstić information content (AvgIpc) is 2.84. The maximum atomic E-state index is 6.38. The van der Waals surface area contributed by atoms with E-state index >= 15 is 0 Å². The van der Waals surface area contributed by atoms with Crippen LogP contribution in [0.2, 0.25) is 0 Å². The van der Waals surface area contributed by atoms with Crippen LogP contribution in [0.25, 0.3) is 0 Å². The zero-order chi connectivity index (χ0) is 14.0. The number of halogens is 1. The molecule has 0 amide bonds. The predicted octanol–water partition coefficient (Wildman–Crippen LogP) is 2.89. The van der Waals surface area contributed by atoms with Crippen LogP contribution in [0.15, 0.2) is 16.6 Å². The van der Waals surface area contributed by atoms with Crippen molar-refractivity contribution in [2.75, 3.05) is 20.8 Å². The van der Waals surface area contributed by atoms with Gasteiger partial charge in [-0.25, -0.2) is 0 Å². The maximum Gasteiger partial charge on any atom is 0.141 e. The summed E-state index contributed by atoms with van der Waals surface area (Å²) in [5.41, 5.74) is 7.36. The monoisotopic (exact) mass is 329 g/mol. The van der Waals surface area contributed by atoms with E-state index in [-0.39, 0.29) is 12.1 Å². The highest BCUT2D eigenvalue weighted by Crippen LogP contribution is 2.42. The van der Waals surface area contributed by atoms with Crippen molar-refractivity contribution in [3.63, 3.8) is 0 Å². The van der Waals surface area contributed by atoms with Crippen molar-refractivity contribution in [1.82, 2.24) is 0 Å². The Morgan fingerprint density at radius 1 is 1.37 bits per heavy atom. The van der Waals surface area contributed by atoms with Crippen LogP contribution >= 0.6 is 15.9 Å². The molecule has 0 saturated carbocycles. The van der Waals surface area contributed by atoms with Gasteiger partial charge in [0, 0.05) is 17.5 Å². The van der Waals surface area contributed by atoms with Crippen LogP contribution in [0.3, 0.4) is 0 Å². The summed E-state index contributed by atoms with van der Waals surface area (Å²) in [6.45, 7) is 2.78. The molecule has 1 heterocycles. The molecule has 0 aliphatic carbocycles. The van der Waals surface area contributed by atoms with E-state index < -0.39 is 0 Å². The fraction of sp³-hybridized carbons (Fsp3) is 0.571. The summed E-state index contributed by atoms with van der Waals surface area (Å²) in [5, 5.41) is 0. The van der Waals surface area contributed by atoms with Crippen molar-refractivity contribution in [2.24, 2.45) is 11.7 Å². The SMILES string of the molecule is COc1ccc(C(N)C2COC(C)C2)c(OC)c1Br. The molecule has 0 spiro atoms. The lowest BCUT2D eigenvalue weighted by Gasteiger charge is -2.22. The lowest BCUT2D eigenvalue weighted by Crippen LogP contribution is -2.22. The number of hydrogen-bond acceptors (Lipinski definition) is 4. The second-order valence-electron chi connectivity index (χ2n) is 4.87. The first-order valence-electron chi connectivity index (χ1n) is 6.36. The van der Waals surface area contributed by atoms with Gasteiger partial charge in [-0.2, -0.15) is 0 Å². The fourth-order valence-electron chi connectivity index (χ4n) is 2.54. The summed E-state index contributed by atoms with van der Waals surface area (Å²) >= 11 is 3.50. The largest absolute Gasteiger partial charge is 0.495 e. The molecule has 4 nitrogen and oxygen atoms in total. The molecular formula is C14H20BrNO3. The number of rotatable bonds is 4. The molecule has 3 atom stereocenters. The van der Waals surface area contributed by atoms with E-state index in [4.69, 9.17) is 19.9 Å². The predicted molar refractivity (Wildman–Crippen MR) is 77.7 cm³/mol. The highest BCUT2D eigenvalue weighted by molar-refractivity contribution is 9.10. The minimum Gasteiger partial charge on any atom is -0.495 e. The smallest absolute Gasteiger partial charge is 0.141 e. The van der Waals surface area contributed by atoms with E-state index in [1.165, 1.54) is 0 Å². The van der Waals surface area contributed by atoms with Crippen LogP contribution in [0.1, 0.15) is 24.9 Å². The van der Waals surface area contributed by atoms with E-state index in [1.807, 2.05) is 12.1 Å². The Hall–Kier alpha value is -0.780. The molecule has 1 aromatic carbocycles. The zero-order valence-electron chi connectivity index (χ0n) is 11.5. The van der Waals surface area contributed by atoms with Gasteiger partial charge in [-0.1, -0.05) is 0 Å². The minimum atomic E-state index is -0.0953. The first-order chi connectivity index (χ1) is 9.08. The van der Waals surface area contributed by atoms with Crippen molar-refractivity contribution in [3.05, 3.63) is 22.2 Å². The first-order valence-corrected chi connectivity index (χ1v) is 7.15. The highest BCUT2D eigenvalue weighted by atomic mass is 79.9. The third kappa shape index (κ3) is 2.88. The number of benzene rings is 1. The van der Waals surface area contributed by atoms with E-state index in [1.54, 1.807) is 14.2 Å². The summed E-state index contributed by atoms with van der Waals surface area (Å²) in [6, 6.07) is 3.78. The molecule has 3 unspecified atom stereocenters. The van der Waals surface area contributed by atoms with Crippen LogP contribution in [0.4, 0.5) is 0 Å². The fourth-order valence-corrected chi connectivity index (χ4v) is 3.22. The number of methoxy groups -OCH3 is 2. The van der Waals surface area contributed by atoms with Gasteiger partial charge in [-0.15, -0.1) is 0 Å². The summed E-state index contributed by atoms with van der Waals surface area (Å²) in [7, 11) is 3.27. The summed E-state index contributed by atoms with van der Waals surface area (Å²) in [6.07, 6.45) is 1.26. The van der Waals surface area contributed by atoms with Gasteiger partial charge in [0.05, 0.1) is 26.9 Å². The molecule has 19 heavy (non-hydrogen) atoms. The van der Waals surface area contributed by atoms with Gasteiger partial charge in [0.2, 0.25) is 0 Å². The van der Waals surface area contributed by atoms with Gasteiger partial charge < -0.3 is 19.9 Å². The van der Waals surface area contributed by atoms with Crippen molar-refractivity contribution in [1.29, 1.82) is 0 Å². The second kappa shape index (κ2) is 6.11. The standard InChI is InChI=1S/C14H20BrNO3/c1-8-6-9(7-19-8)13(16)10-4-5-11(17-2)12(15)14(10)18-3/h4-5,8-9,13H,6-7,16H2,1-3H3. The molecule has 5 heteroatoms. The molecule has 1 saturated heterocycles. The normalized spacial score (nSPS) is 24.3. The van der Waals surface area contributed by atoms with E-state index in [0.29, 0.717) is 12.5 Å². The average molecular weight is 330 g/mol. The third-order valence-corrected chi connectivity index (χ3v) is 4.36. The summed E-state index contributed by atoms with van der Waals surface area (Å²) in [5.74, 6) is 1.81. The maximum absolute atomic E-state index is 6.38. The molecule has 0 radical (unpaired) electrons. The third-order valence-electron chi connectivity index (χ3n) is 3.61. The molecule has 1 fully saturated rings. The van der Waals surface area contributed by atoms with Crippen LogP contribution in [0.5, 0.6) is 11.5 Å². The minimum absolute atomic E-state index is 0.0953. The van der Waals surface area contributed by atoms with Gasteiger partial charge in [0.25, 0.3) is 0 Å². The molecule has 0 aromatic heterocycles. The summed E-state index contributed by atoms with van der Waals surface area (Å²) in [4.78, 5) is 0. The van der Waals surface area contributed by atoms with Gasteiger partial charge in [0.1, 0.15) is 16.0 Å². The Bertz CT molecular complexity index is 453. The zero-order valence-corrected chi connectivity index (χ0v) is 13.1. The van der Waals surface area contributed by atoms with Gasteiger partial charge in [-0.3, -0.25) is 0 Å². The highest BCUT2D eigenvalue weighted by Gasteiger charge is 2.30. The van der Waals surface area contributed by atoms with Crippen LogP contribution < -0.4 is 15.2 Å². The van der Waals surface area contributed by atoms with Crippen LogP contribution in [-0.2, 0) is 4.74 Å². The molecule has 0 bridgehead atoms. The molecule has 1 aromatic rings. The molecule has 2 rings (SSSR count). The Kier molecular flexibility index (Phi) is 4.71. The number of hydrogen-bond donors (Lipinski definition) is 1. The topological polar surface area (TPSA) is 53.7 Å². The van der Waals surface area contributed by atoms with Gasteiger partial charge in [0.15, 0.2) is 0 Å². The number of ether oxygens (including phenoxy) is 3. The van der Waals surface area contributed by atoms with Crippen molar-refractivity contribution in [2.45, 2.75) is 25.5 Å². The molecule has 1 aliphatic rings. The van der Waals surface area contributed by atoms with Crippen molar-refractivity contribution < 1.29 is 14.2 Å². The summed E-state index contributed by atoms with van der Waals surface area (Å²) < 4.78 is 17.2. The van der Waals surface area contributed by atoms with Crippen LogP contribution in [-0.4, -0.2) is 26.9 Å². The van der Waals surface area contributed by atoms with Gasteiger partial charge >= 0.3 is 0 Å². The molecule has 2 N–H and O–H groups in total. The molecular weight excluding hydrogens is 310 g/mol. The van der Waals surface area contributed by atoms with Crippen molar-refractivity contribution in [3.8, 4) is 11.5 Å². The second-order valence-corrected chi connectivity index (χ2v) is 5.66.